The number of H-pyrrole nitrogens is 1. The number of nitrogens with two attached hydrogens (primary N) is 1. The third-order valence-corrected chi connectivity index (χ3v) is 5.39. The van der Waals surface area contributed by atoms with E-state index in [9.17, 15) is 19.2 Å². The highest BCUT2D eigenvalue weighted by molar-refractivity contribution is 5.96. The van der Waals surface area contributed by atoms with Crippen molar-refractivity contribution in [1.82, 2.24) is 15.3 Å². The maximum absolute atomic E-state index is 12.3. The zero-order valence-corrected chi connectivity index (χ0v) is 17.8. The van der Waals surface area contributed by atoms with Crippen molar-refractivity contribution in [3.05, 3.63) is 51.3 Å². The number of amides is 1. The number of nitrogens with one attached hydrogen (secondary N) is 3. The zero-order chi connectivity index (χ0) is 23.3. The summed E-state index contributed by atoms with van der Waals surface area (Å²) in [5, 5.41) is 23.4. The molecule has 0 aliphatic carbocycles. The third-order valence-electron chi connectivity index (χ3n) is 5.39. The second-order valence-electron chi connectivity index (χ2n) is 7.76. The number of aromatic nitrogens is 2. The first-order valence-corrected chi connectivity index (χ1v) is 10.2. The minimum absolute atomic E-state index is 0. The molecule has 0 fully saturated rings. The summed E-state index contributed by atoms with van der Waals surface area (Å²) >= 11 is 0. The predicted molar refractivity (Wildman–Crippen MR) is 119 cm³/mol. The lowest BCUT2D eigenvalue weighted by atomic mass is 9.91. The summed E-state index contributed by atoms with van der Waals surface area (Å²) in [6.45, 7) is 0.677. The molecule has 2 unspecified atom stereocenters. The monoisotopic (exact) mass is 461 g/mol. The molecule has 12 heteroatoms. The van der Waals surface area contributed by atoms with E-state index in [1.54, 1.807) is 24.3 Å². The number of hydrogen-bond donors (Lipinski definition) is 6. The van der Waals surface area contributed by atoms with Crippen molar-refractivity contribution in [3.63, 3.8) is 0 Å². The van der Waals surface area contributed by atoms with E-state index in [4.69, 9.17) is 15.9 Å². The molecule has 1 aromatic heterocycles. The van der Waals surface area contributed by atoms with Gasteiger partial charge in [0, 0.05) is 18.5 Å². The number of carboxylic acid groups (broad SMARTS) is 2. The van der Waals surface area contributed by atoms with Gasteiger partial charge in [0.05, 0.1) is 5.56 Å². The summed E-state index contributed by atoms with van der Waals surface area (Å²) < 4.78 is 0. The highest BCUT2D eigenvalue weighted by Crippen LogP contribution is 2.23. The first kappa shape index (κ1) is 25.3. The van der Waals surface area contributed by atoms with Crippen LogP contribution >= 0.6 is 0 Å². The van der Waals surface area contributed by atoms with Crippen molar-refractivity contribution < 1.29 is 30.1 Å². The Morgan fingerprint density at radius 1 is 1.21 bits per heavy atom. The largest absolute Gasteiger partial charge is 0.481 e. The van der Waals surface area contributed by atoms with E-state index in [0.717, 1.165) is 18.4 Å². The van der Waals surface area contributed by atoms with Gasteiger partial charge < -0.3 is 32.1 Å². The fourth-order valence-electron chi connectivity index (χ4n) is 3.62. The molecule has 9 N–H and O–H groups in total. The van der Waals surface area contributed by atoms with Gasteiger partial charge in [-0.15, -0.1) is 0 Å². The van der Waals surface area contributed by atoms with E-state index in [0.29, 0.717) is 29.9 Å². The number of carbonyl (C=O) groups is 3. The van der Waals surface area contributed by atoms with E-state index in [2.05, 4.69) is 20.6 Å². The van der Waals surface area contributed by atoms with E-state index < -0.39 is 23.9 Å². The summed E-state index contributed by atoms with van der Waals surface area (Å²) in [4.78, 5) is 52.9. The SMILES string of the molecule is Nc1nc2c(c(=O)[nH]1)CC(CCc1ccc(C(=O)NC(CCC(=O)O)C(=O)O)cc1)CN2.O. The van der Waals surface area contributed by atoms with Crippen molar-refractivity contribution >= 4 is 29.6 Å². The number of benzene rings is 1. The Morgan fingerprint density at radius 2 is 1.91 bits per heavy atom. The molecule has 1 aliphatic heterocycles. The van der Waals surface area contributed by atoms with Gasteiger partial charge in [-0.1, -0.05) is 12.1 Å². The summed E-state index contributed by atoms with van der Waals surface area (Å²) in [6, 6.07) is 5.52. The van der Waals surface area contributed by atoms with Crippen LogP contribution in [0.1, 0.15) is 40.7 Å². The highest BCUT2D eigenvalue weighted by atomic mass is 16.4. The second-order valence-corrected chi connectivity index (χ2v) is 7.76. The van der Waals surface area contributed by atoms with Gasteiger partial charge in [0.1, 0.15) is 11.9 Å². The molecular formula is C21H27N5O7. The van der Waals surface area contributed by atoms with Gasteiger partial charge in [-0.25, -0.2) is 4.79 Å². The number of anilines is 2. The number of carbonyl (C=O) groups excluding carboxylic acids is 1. The van der Waals surface area contributed by atoms with Crippen LogP contribution in [0.3, 0.4) is 0 Å². The van der Waals surface area contributed by atoms with Gasteiger partial charge in [0.2, 0.25) is 5.95 Å². The van der Waals surface area contributed by atoms with Crippen molar-refractivity contribution in [2.24, 2.45) is 5.92 Å². The van der Waals surface area contributed by atoms with Crippen molar-refractivity contribution in [2.45, 2.75) is 38.1 Å². The number of aliphatic carboxylic acids is 2. The number of aryl methyl sites for hydroxylation is 1. The van der Waals surface area contributed by atoms with Gasteiger partial charge in [-0.3, -0.25) is 19.4 Å². The van der Waals surface area contributed by atoms with Gasteiger partial charge >= 0.3 is 11.9 Å². The molecule has 2 atom stereocenters. The number of rotatable bonds is 9. The Hall–Kier alpha value is -3.93. The summed E-state index contributed by atoms with van der Waals surface area (Å²) in [5.74, 6) is -2.13. The molecule has 1 aliphatic rings. The summed E-state index contributed by atoms with van der Waals surface area (Å²) in [7, 11) is 0. The Kier molecular flexibility index (Phi) is 8.51. The van der Waals surface area contributed by atoms with Crippen molar-refractivity contribution in [2.75, 3.05) is 17.6 Å². The lowest BCUT2D eigenvalue weighted by Crippen LogP contribution is -2.41. The molecule has 0 spiro atoms. The van der Waals surface area contributed by atoms with Crippen LogP contribution in [0.25, 0.3) is 0 Å². The lowest BCUT2D eigenvalue weighted by Gasteiger charge is -2.24. The molecule has 0 radical (unpaired) electrons. The average molecular weight is 461 g/mol. The Labute approximate surface area is 188 Å². The Balaban J connectivity index is 0.00000385. The van der Waals surface area contributed by atoms with Crippen LogP contribution in [0, 0.1) is 5.92 Å². The first-order valence-electron chi connectivity index (χ1n) is 10.2. The molecule has 3 rings (SSSR count). The topological polar surface area (TPSA) is 219 Å². The standard InChI is InChI=1S/C21H25N5O6.H2O/c22-21-25-17-14(19(30)26-21)9-12(10-23-17)2-1-11-3-5-13(6-4-11)18(29)24-15(20(31)32)7-8-16(27)28;/h3-6,12,15H,1-2,7-10H2,(H,24,29)(H,27,28)(H,31,32)(H4,22,23,25,26,30);1H2. The first-order chi connectivity index (χ1) is 15.2. The van der Waals surface area contributed by atoms with Gasteiger partial charge in [-0.2, -0.15) is 4.98 Å². The molecule has 2 heterocycles. The molecule has 33 heavy (non-hydrogen) atoms. The fraction of sp³-hybridized carbons (Fsp3) is 0.381. The third kappa shape index (κ3) is 6.77. The van der Waals surface area contributed by atoms with E-state index in [1.165, 1.54) is 0 Å². The minimum Gasteiger partial charge on any atom is -0.481 e. The number of nitrogen functional groups attached to an aromatic ring is 1. The Morgan fingerprint density at radius 3 is 2.55 bits per heavy atom. The van der Waals surface area contributed by atoms with E-state index in [-0.39, 0.29) is 35.7 Å². The summed E-state index contributed by atoms with van der Waals surface area (Å²) in [5.41, 5.74) is 7.22. The zero-order valence-electron chi connectivity index (χ0n) is 17.8. The lowest BCUT2D eigenvalue weighted by molar-refractivity contribution is -0.140. The number of aromatic amines is 1. The number of carboxylic acids is 2. The Bertz CT molecular complexity index is 1070. The molecule has 12 nitrogen and oxygen atoms in total. The summed E-state index contributed by atoms with van der Waals surface area (Å²) in [6.07, 6.45) is 1.60. The van der Waals surface area contributed by atoms with E-state index >= 15 is 0 Å². The second kappa shape index (κ2) is 11.1. The van der Waals surface area contributed by atoms with Crippen LogP contribution in [0.5, 0.6) is 0 Å². The molecule has 0 saturated heterocycles. The van der Waals surface area contributed by atoms with Gasteiger partial charge in [0.15, 0.2) is 0 Å². The van der Waals surface area contributed by atoms with Gasteiger partial charge in [-0.05, 0) is 49.3 Å². The molecule has 1 aromatic carbocycles. The van der Waals surface area contributed by atoms with Crippen LogP contribution < -0.4 is 21.9 Å². The predicted octanol–water partition coefficient (Wildman–Crippen LogP) is -0.208. The van der Waals surface area contributed by atoms with Crippen LogP contribution in [0.15, 0.2) is 29.1 Å². The number of nitrogens with zero attached hydrogens (tertiary/aromatic N) is 1. The quantitative estimate of drug-likeness (QED) is 0.290. The maximum Gasteiger partial charge on any atom is 0.326 e. The molecule has 0 saturated carbocycles. The fourth-order valence-corrected chi connectivity index (χ4v) is 3.62. The minimum atomic E-state index is -1.28. The maximum atomic E-state index is 12.3. The average Bonchev–Trinajstić information content (AvgIpc) is 2.75. The number of fused-ring (bicyclic) bond motifs is 1. The van der Waals surface area contributed by atoms with Gasteiger partial charge in [0.25, 0.3) is 11.5 Å². The van der Waals surface area contributed by atoms with E-state index in [1.807, 2.05) is 0 Å². The van der Waals surface area contributed by atoms with Crippen molar-refractivity contribution in [1.29, 1.82) is 0 Å². The van der Waals surface area contributed by atoms with Crippen LogP contribution in [-0.4, -0.2) is 56.1 Å². The normalized spacial score (nSPS) is 15.3. The molecule has 178 valence electrons. The van der Waals surface area contributed by atoms with Crippen LogP contribution in [0.2, 0.25) is 0 Å². The van der Waals surface area contributed by atoms with Crippen LogP contribution in [-0.2, 0) is 22.4 Å². The molecule has 0 bridgehead atoms. The van der Waals surface area contributed by atoms with Crippen molar-refractivity contribution in [3.8, 4) is 0 Å². The molecular weight excluding hydrogens is 434 g/mol. The smallest absolute Gasteiger partial charge is 0.326 e. The molecule has 2 aromatic rings. The molecule has 1 amide bonds. The highest BCUT2D eigenvalue weighted by Gasteiger charge is 2.23. The van der Waals surface area contributed by atoms with Crippen LogP contribution in [0.4, 0.5) is 11.8 Å². The number of hydrogen-bond acceptors (Lipinski definition) is 7.